The van der Waals surface area contributed by atoms with Gasteiger partial charge in [0.15, 0.2) is 6.61 Å². The van der Waals surface area contributed by atoms with Crippen molar-refractivity contribution >= 4 is 35.0 Å². The van der Waals surface area contributed by atoms with E-state index in [1.165, 1.54) is 20.3 Å². The fourth-order valence-corrected chi connectivity index (χ4v) is 2.75. The molecule has 0 fully saturated rings. The third-order valence-corrected chi connectivity index (χ3v) is 4.14. The van der Waals surface area contributed by atoms with E-state index in [9.17, 15) is 9.59 Å². The summed E-state index contributed by atoms with van der Waals surface area (Å²) in [6, 6.07) is 8.86. The van der Waals surface area contributed by atoms with Crippen LogP contribution in [0.1, 0.15) is 9.75 Å². The highest BCUT2D eigenvalue weighted by Crippen LogP contribution is 2.28. The number of methoxy groups -OCH3 is 2. The van der Waals surface area contributed by atoms with Gasteiger partial charge in [0.1, 0.15) is 11.5 Å². The maximum Gasteiger partial charge on any atom is 0.331 e. The number of anilines is 1. The molecule has 1 aromatic heterocycles. The molecule has 0 spiro atoms. The maximum absolute atomic E-state index is 11.9. The Morgan fingerprint density at radius 2 is 1.96 bits per heavy atom. The highest BCUT2D eigenvalue weighted by molar-refractivity contribution is 7.12. The summed E-state index contributed by atoms with van der Waals surface area (Å²) in [5, 5.41) is 2.63. The average Bonchev–Trinajstić information content (AvgIpc) is 3.03. The van der Waals surface area contributed by atoms with Gasteiger partial charge < -0.3 is 19.5 Å². The normalized spacial score (nSPS) is 10.5. The fraction of sp³-hybridized carbons (Fsp3) is 0.222. The van der Waals surface area contributed by atoms with Crippen LogP contribution in [0, 0.1) is 6.92 Å². The Balaban J connectivity index is 1.86. The third kappa shape index (κ3) is 5.65. The molecule has 1 heterocycles. The van der Waals surface area contributed by atoms with Gasteiger partial charge in [0.2, 0.25) is 0 Å². The lowest BCUT2D eigenvalue weighted by Gasteiger charge is -2.11. The van der Waals surface area contributed by atoms with E-state index < -0.39 is 11.9 Å². The molecule has 0 saturated heterocycles. The van der Waals surface area contributed by atoms with E-state index in [0.29, 0.717) is 17.2 Å². The number of carbonyl (C=O) groups is 2. The molecule has 0 atom stereocenters. The Labute approximate surface area is 150 Å². The number of hydrogen-bond donors (Lipinski definition) is 1. The summed E-state index contributed by atoms with van der Waals surface area (Å²) in [6.45, 7) is 1.60. The molecule has 1 amide bonds. The van der Waals surface area contributed by atoms with Crippen LogP contribution in [0.5, 0.6) is 11.5 Å². The summed E-state index contributed by atoms with van der Waals surface area (Å²) in [7, 11) is 3.03. The third-order valence-electron chi connectivity index (χ3n) is 3.17. The highest BCUT2D eigenvalue weighted by atomic mass is 32.1. The molecule has 132 valence electrons. The molecule has 0 radical (unpaired) electrons. The summed E-state index contributed by atoms with van der Waals surface area (Å²) in [5.41, 5.74) is 0.467. The number of aryl methyl sites for hydroxylation is 1. The number of nitrogens with one attached hydrogen (secondary N) is 1. The first-order chi connectivity index (χ1) is 12.0. The van der Waals surface area contributed by atoms with Gasteiger partial charge in [-0.15, -0.1) is 11.3 Å². The second-order valence-corrected chi connectivity index (χ2v) is 6.32. The van der Waals surface area contributed by atoms with E-state index in [1.54, 1.807) is 35.6 Å². The lowest BCUT2D eigenvalue weighted by molar-refractivity contribution is -0.142. The summed E-state index contributed by atoms with van der Waals surface area (Å²) < 4.78 is 15.2. The monoisotopic (exact) mass is 361 g/mol. The van der Waals surface area contributed by atoms with Crippen LogP contribution in [0.25, 0.3) is 6.08 Å². The SMILES string of the molecule is COc1ccc(NC(=O)COC(=O)/C=C/c2ccc(C)s2)c(OC)c1. The second-order valence-electron chi connectivity index (χ2n) is 5.00. The molecule has 0 aliphatic heterocycles. The van der Waals surface area contributed by atoms with Gasteiger partial charge in [-0.25, -0.2) is 4.79 Å². The molecule has 2 aromatic rings. The van der Waals surface area contributed by atoms with Crippen molar-refractivity contribution < 1.29 is 23.8 Å². The van der Waals surface area contributed by atoms with Gasteiger partial charge in [-0.05, 0) is 37.3 Å². The fourth-order valence-electron chi connectivity index (χ4n) is 1.97. The smallest absolute Gasteiger partial charge is 0.331 e. The van der Waals surface area contributed by atoms with Gasteiger partial charge >= 0.3 is 5.97 Å². The summed E-state index contributed by atoms with van der Waals surface area (Å²) in [5.74, 6) is 0.0160. The van der Waals surface area contributed by atoms with Gasteiger partial charge in [0, 0.05) is 21.9 Å². The zero-order chi connectivity index (χ0) is 18.2. The summed E-state index contributed by atoms with van der Waals surface area (Å²) in [4.78, 5) is 25.7. The quantitative estimate of drug-likeness (QED) is 0.605. The number of ether oxygens (including phenoxy) is 3. The predicted molar refractivity (Wildman–Crippen MR) is 97.2 cm³/mol. The van der Waals surface area contributed by atoms with Crippen molar-refractivity contribution in [2.75, 3.05) is 26.1 Å². The molecule has 0 aliphatic carbocycles. The molecule has 1 N–H and O–H groups in total. The molecule has 2 rings (SSSR count). The van der Waals surface area contributed by atoms with Gasteiger partial charge in [-0.1, -0.05) is 0 Å². The topological polar surface area (TPSA) is 73.9 Å². The molecule has 7 heteroatoms. The van der Waals surface area contributed by atoms with Crippen molar-refractivity contribution in [1.29, 1.82) is 0 Å². The summed E-state index contributed by atoms with van der Waals surface area (Å²) in [6.07, 6.45) is 2.96. The van der Waals surface area contributed by atoms with Crippen LogP contribution in [0.4, 0.5) is 5.69 Å². The first-order valence-electron chi connectivity index (χ1n) is 7.45. The van der Waals surface area contributed by atoms with Gasteiger partial charge in [-0.2, -0.15) is 0 Å². The van der Waals surface area contributed by atoms with Crippen LogP contribution in [-0.2, 0) is 14.3 Å². The number of rotatable bonds is 7. The number of hydrogen-bond acceptors (Lipinski definition) is 6. The molecule has 6 nitrogen and oxygen atoms in total. The van der Waals surface area contributed by atoms with Gasteiger partial charge in [0.25, 0.3) is 5.91 Å². The van der Waals surface area contributed by atoms with Gasteiger partial charge in [-0.3, -0.25) is 4.79 Å². The number of benzene rings is 1. The molecule has 1 aromatic carbocycles. The Bertz CT molecular complexity index is 782. The summed E-state index contributed by atoms with van der Waals surface area (Å²) >= 11 is 1.56. The lowest BCUT2D eigenvalue weighted by atomic mass is 10.2. The Kier molecular flexibility index (Phi) is 6.59. The van der Waals surface area contributed by atoms with Crippen LogP contribution in [0.15, 0.2) is 36.4 Å². The maximum atomic E-state index is 11.9. The molecule has 0 saturated carbocycles. The number of thiophene rings is 1. The Hall–Kier alpha value is -2.80. The number of carbonyl (C=O) groups excluding carboxylic acids is 2. The zero-order valence-corrected chi connectivity index (χ0v) is 15.0. The highest BCUT2D eigenvalue weighted by Gasteiger charge is 2.10. The van der Waals surface area contributed by atoms with Crippen molar-refractivity contribution in [3.8, 4) is 11.5 Å². The van der Waals surface area contributed by atoms with Crippen molar-refractivity contribution in [1.82, 2.24) is 0 Å². The minimum absolute atomic E-state index is 0.387. The predicted octanol–water partition coefficient (Wildman–Crippen LogP) is 3.27. The van der Waals surface area contributed by atoms with Crippen LogP contribution in [-0.4, -0.2) is 32.7 Å². The molecule has 0 unspecified atom stereocenters. The Morgan fingerprint density at radius 1 is 1.16 bits per heavy atom. The van der Waals surface area contributed by atoms with E-state index in [1.807, 2.05) is 19.1 Å². The lowest BCUT2D eigenvalue weighted by Crippen LogP contribution is -2.20. The minimum atomic E-state index is -0.581. The van der Waals surface area contributed by atoms with Crippen LogP contribution in [0.2, 0.25) is 0 Å². The van der Waals surface area contributed by atoms with Crippen LogP contribution in [0.3, 0.4) is 0 Å². The van der Waals surface area contributed by atoms with E-state index in [-0.39, 0.29) is 6.61 Å². The first kappa shape index (κ1) is 18.5. The number of esters is 1. The van der Waals surface area contributed by atoms with E-state index >= 15 is 0 Å². The molecule has 25 heavy (non-hydrogen) atoms. The van der Waals surface area contributed by atoms with Crippen molar-refractivity contribution in [3.63, 3.8) is 0 Å². The molecule has 0 bridgehead atoms. The van der Waals surface area contributed by atoms with Crippen molar-refractivity contribution in [3.05, 3.63) is 46.2 Å². The standard InChI is InChI=1S/C18H19NO5S/c1-12-4-6-14(25-12)7-9-18(21)24-11-17(20)19-15-8-5-13(22-2)10-16(15)23-3/h4-10H,11H2,1-3H3,(H,19,20)/b9-7+. The van der Waals surface area contributed by atoms with E-state index in [4.69, 9.17) is 14.2 Å². The minimum Gasteiger partial charge on any atom is -0.497 e. The Morgan fingerprint density at radius 3 is 2.60 bits per heavy atom. The second kappa shape index (κ2) is 8.89. The average molecular weight is 361 g/mol. The van der Waals surface area contributed by atoms with E-state index in [2.05, 4.69) is 5.32 Å². The first-order valence-corrected chi connectivity index (χ1v) is 8.26. The van der Waals surface area contributed by atoms with Gasteiger partial charge in [0.05, 0.1) is 19.9 Å². The molecular formula is C18H19NO5S. The van der Waals surface area contributed by atoms with Crippen LogP contribution >= 0.6 is 11.3 Å². The van der Waals surface area contributed by atoms with Crippen molar-refractivity contribution in [2.45, 2.75) is 6.92 Å². The molecule has 0 aliphatic rings. The molecular weight excluding hydrogens is 342 g/mol. The van der Waals surface area contributed by atoms with E-state index in [0.717, 1.165) is 9.75 Å². The number of amides is 1. The van der Waals surface area contributed by atoms with Crippen LogP contribution < -0.4 is 14.8 Å². The zero-order valence-electron chi connectivity index (χ0n) is 14.2. The van der Waals surface area contributed by atoms with Crippen molar-refractivity contribution in [2.24, 2.45) is 0 Å². The largest absolute Gasteiger partial charge is 0.497 e.